The topological polar surface area (TPSA) is 195 Å². The Bertz CT molecular complexity index is 1060. The molecule has 0 aliphatic heterocycles. The second-order valence-electron chi connectivity index (χ2n) is 5.15. The summed E-state index contributed by atoms with van der Waals surface area (Å²) in [4.78, 5) is 18.6. The third kappa shape index (κ3) is 4.25. The zero-order chi connectivity index (χ0) is 20.6. The van der Waals surface area contributed by atoms with Crippen LogP contribution in [-0.2, 0) is 26.7 Å². The van der Waals surface area contributed by atoms with Gasteiger partial charge in [-0.25, -0.2) is 0 Å². The van der Waals surface area contributed by atoms with E-state index in [0.717, 1.165) is 36.4 Å². The molecule has 2 aromatic rings. The first-order chi connectivity index (χ1) is 12.3. The standard InChI is InChI=1S/C13H10N2O10S2/c16-14(17)10-3-1-5-12(26(20,21)22)8(10)7-9-11(15(18)19)4-2-6-13(9)27(23,24)25/h1-6H,7H2,(H,20,21,22)(H,23,24,25). The van der Waals surface area contributed by atoms with Crippen LogP contribution in [0.15, 0.2) is 46.2 Å². The van der Waals surface area contributed by atoms with Crippen LogP contribution in [0, 0.1) is 20.2 Å². The molecule has 12 nitrogen and oxygen atoms in total. The molecule has 0 saturated heterocycles. The first-order valence-electron chi connectivity index (χ1n) is 6.81. The van der Waals surface area contributed by atoms with Crippen molar-refractivity contribution in [1.29, 1.82) is 0 Å². The summed E-state index contributed by atoms with van der Waals surface area (Å²) in [5, 5.41) is 22.4. The van der Waals surface area contributed by atoms with E-state index in [1.807, 2.05) is 0 Å². The molecule has 0 heterocycles. The van der Waals surface area contributed by atoms with Gasteiger partial charge in [-0.3, -0.25) is 29.3 Å². The van der Waals surface area contributed by atoms with E-state index < -0.39 is 68.8 Å². The smallest absolute Gasteiger partial charge is 0.282 e. The van der Waals surface area contributed by atoms with E-state index in [1.165, 1.54) is 0 Å². The van der Waals surface area contributed by atoms with Crippen molar-refractivity contribution in [2.75, 3.05) is 0 Å². The average molecular weight is 418 g/mol. The van der Waals surface area contributed by atoms with Crippen LogP contribution in [0.1, 0.15) is 11.1 Å². The van der Waals surface area contributed by atoms with Gasteiger partial charge in [-0.15, -0.1) is 0 Å². The molecule has 0 spiro atoms. The third-order valence-electron chi connectivity index (χ3n) is 3.52. The molecule has 0 radical (unpaired) electrons. The van der Waals surface area contributed by atoms with E-state index in [9.17, 15) is 46.2 Å². The fourth-order valence-corrected chi connectivity index (χ4v) is 3.94. The molecule has 0 fully saturated rings. The Kier molecular flexibility index (Phi) is 5.28. The molecule has 2 rings (SSSR count). The van der Waals surface area contributed by atoms with Gasteiger partial charge in [0.05, 0.1) is 21.0 Å². The Morgan fingerprint density at radius 2 is 1.07 bits per heavy atom. The maximum absolute atomic E-state index is 11.6. The van der Waals surface area contributed by atoms with Crippen molar-refractivity contribution in [2.24, 2.45) is 0 Å². The molecule has 27 heavy (non-hydrogen) atoms. The predicted molar refractivity (Wildman–Crippen MR) is 88.6 cm³/mol. The lowest BCUT2D eigenvalue weighted by molar-refractivity contribution is -0.386. The van der Waals surface area contributed by atoms with Gasteiger partial charge in [0, 0.05) is 18.6 Å². The fourth-order valence-electron chi connectivity index (χ4n) is 2.47. The Hall–Kier alpha value is -2.94. The quantitative estimate of drug-likeness (QED) is 0.395. The average Bonchev–Trinajstić information content (AvgIpc) is 2.52. The van der Waals surface area contributed by atoms with Crippen LogP contribution in [0.4, 0.5) is 11.4 Å². The van der Waals surface area contributed by atoms with Crippen molar-refractivity contribution in [3.8, 4) is 0 Å². The molecule has 0 amide bonds. The molecule has 14 heteroatoms. The monoisotopic (exact) mass is 418 g/mol. The van der Waals surface area contributed by atoms with Gasteiger partial charge in [0.2, 0.25) is 0 Å². The van der Waals surface area contributed by atoms with Gasteiger partial charge in [0.1, 0.15) is 9.79 Å². The lowest BCUT2D eigenvalue weighted by Gasteiger charge is -2.11. The molecule has 0 aromatic heterocycles. The summed E-state index contributed by atoms with van der Waals surface area (Å²) in [7, 11) is -9.95. The largest absolute Gasteiger partial charge is 0.295 e. The van der Waals surface area contributed by atoms with E-state index in [-0.39, 0.29) is 0 Å². The van der Waals surface area contributed by atoms with Crippen molar-refractivity contribution in [3.05, 3.63) is 67.8 Å². The molecule has 0 aliphatic carbocycles. The van der Waals surface area contributed by atoms with Crippen LogP contribution in [0.5, 0.6) is 0 Å². The number of nitrogens with zero attached hydrogens (tertiary/aromatic N) is 2. The molecule has 0 saturated carbocycles. The number of nitro groups is 2. The first-order valence-corrected chi connectivity index (χ1v) is 9.69. The summed E-state index contributed by atoms with van der Waals surface area (Å²) in [6.07, 6.45) is -0.932. The second kappa shape index (κ2) is 6.99. The maximum atomic E-state index is 11.6. The van der Waals surface area contributed by atoms with E-state index in [1.54, 1.807) is 0 Å². The van der Waals surface area contributed by atoms with Crippen LogP contribution in [0.2, 0.25) is 0 Å². The summed E-state index contributed by atoms with van der Waals surface area (Å²) < 4.78 is 64.8. The number of nitro benzene ring substituents is 2. The Labute approximate surface area is 151 Å². The Morgan fingerprint density at radius 3 is 1.33 bits per heavy atom. The molecular formula is C13H10N2O10S2. The van der Waals surface area contributed by atoms with Gasteiger partial charge >= 0.3 is 0 Å². The normalized spacial score (nSPS) is 11.9. The van der Waals surface area contributed by atoms with Crippen molar-refractivity contribution >= 4 is 31.6 Å². The molecule has 2 aromatic carbocycles. The first kappa shape index (κ1) is 20.4. The van der Waals surface area contributed by atoms with Crippen LogP contribution in [-0.4, -0.2) is 35.8 Å². The minimum Gasteiger partial charge on any atom is -0.282 e. The van der Waals surface area contributed by atoms with Crippen molar-refractivity contribution in [1.82, 2.24) is 0 Å². The van der Waals surface area contributed by atoms with Crippen LogP contribution >= 0.6 is 0 Å². The molecule has 2 N–H and O–H groups in total. The Balaban J connectivity index is 2.90. The molecule has 144 valence electrons. The summed E-state index contributed by atoms with van der Waals surface area (Å²) in [6.45, 7) is 0. The molecular weight excluding hydrogens is 408 g/mol. The third-order valence-corrected chi connectivity index (χ3v) is 5.40. The molecule has 0 bridgehead atoms. The van der Waals surface area contributed by atoms with Gasteiger partial charge < -0.3 is 0 Å². The zero-order valence-corrected chi connectivity index (χ0v) is 14.7. The molecule has 0 atom stereocenters. The van der Waals surface area contributed by atoms with Crippen molar-refractivity contribution in [3.63, 3.8) is 0 Å². The lowest BCUT2D eigenvalue weighted by Crippen LogP contribution is -2.11. The SMILES string of the molecule is O=[N+]([O-])c1cccc(S(=O)(=O)O)c1Cc1c([N+](=O)[O-])cccc1S(=O)(=O)O. The van der Waals surface area contributed by atoms with Crippen molar-refractivity contribution in [2.45, 2.75) is 16.2 Å². The van der Waals surface area contributed by atoms with E-state index >= 15 is 0 Å². The van der Waals surface area contributed by atoms with Crippen LogP contribution in [0.3, 0.4) is 0 Å². The number of benzene rings is 2. The van der Waals surface area contributed by atoms with Crippen LogP contribution in [0.25, 0.3) is 0 Å². The zero-order valence-electron chi connectivity index (χ0n) is 13.0. The van der Waals surface area contributed by atoms with Crippen LogP contribution < -0.4 is 0 Å². The summed E-state index contributed by atoms with van der Waals surface area (Å²) in [5.74, 6) is 0. The second-order valence-corrected chi connectivity index (χ2v) is 7.93. The van der Waals surface area contributed by atoms with Gasteiger partial charge in [0.15, 0.2) is 0 Å². The summed E-state index contributed by atoms with van der Waals surface area (Å²) >= 11 is 0. The van der Waals surface area contributed by atoms with Gasteiger partial charge in [0.25, 0.3) is 31.6 Å². The van der Waals surface area contributed by atoms with Crippen molar-refractivity contribution < 1.29 is 35.8 Å². The number of rotatable bonds is 6. The highest BCUT2D eigenvalue weighted by molar-refractivity contribution is 7.86. The number of hydrogen-bond acceptors (Lipinski definition) is 8. The van der Waals surface area contributed by atoms with Gasteiger partial charge in [-0.1, -0.05) is 12.1 Å². The highest BCUT2D eigenvalue weighted by atomic mass is 32.2. The van der Waals surface area contributed by atoms with E-state index in [4.69, 9.17) is 0 Å². The number of hydrogen-bond donors (Lipinski definition) is 2. The minimum atomic E-state index is -4.98. The maximum Gasteiger partial charge on any atom is 0.295 e. The van der Waals surface area contributed by atoms with Gasteiger partial charge in [-0.2, -0.15) is 16.8 Å². The summed E-state index contributed by atoms with van der Waals surface area (Å²) in [5.41, 5.74) is -2.98. The molecule has 0 aliphatic rings. The minimum absolute atomic E-state index is 0.677. The van der Waals surface area contributed by atoms with Gasteiger partial charge in [-0.05, 0) is 12.1 Å². The molecule has 0 unspecified atom stereocenters. The lowest BCUT2D eigenvalue weighted by atomic mass is 10.0. The van der Waals surface area contributed by atoms with E-state index in [2.05, 4.69) is 0 Å². The predicted octanol–water partition coefficient (Wildman–Crippen LogP) is 1.59. The summed E-state index contributed by atoms with van der Waals surface area (Å²) in [6, 6.07) is 5.33. The Morgan fingerprint density at radius 1 is 0.741 bits per heavy atom. The van der Waals surface area contributed by atoms with E-state index in [0.29, 0.717) is 0 Å². The highest BCUT2D eigenvalue weighted by Crippen LogP contribution is 2.34. The fraction of sp³-hybridized carbons (Fsp3) is 0.0769. The highest BCUT2D eigenvalue weighted by Gasteiger charge is 2.30.